The number of rotatable bonds is 5. The summed E-state index contributed by atoms with van der Waals surface area (Å²) in [6, 6.07) is 7.67. The molecule has 1 N–H and O–H groups in total. The van der Waals surface area contributed by atoms with Crippen molar-refractivity contribution in [1.29, 1.82) is 0 Å². The maximum absolute atomic E-state index is 13.2. The van der Waals surface area contributed by atoms with Crippen LogP contribution >= 0.6 is 0 Å². The van der Waals surface area contributed by atoms with Gasteiger partial charge in [-0.2, -0.15) is 5.10 Å². The van der Waals surface area contributed by atoms with E-state index in [1.165, 1.54) is 0 Å². The summed E-state index contributed by atoms with van der Waals surface area (Å²) in [4.78, 5) is 15.1. The zero-order valence-corrected chi connectivity index (χ0v) is 16.6. The number of piperidine rings is 1. The second-order valence-corrected chi connectivity index (χ2v) is 7.73. The van der Waals surface area contributed by atoms with Gasteiger partial charge in [0.2, 0.25) is 0 Å². The number of hydrogen-bond acceptors (Lipinski definition) is 4. The molecule has 27 heavy (non-hydrogen) atoms. The molecular formula is C21H29N3O3. The van der Waals surface area contributed by atoms with E-state index in [4.69, 9.17) is 4.74 Å². The van der Waals surface area contributed by atoms with Crippen LogP contribution in [0, 0.1) is 0 Å². The van der Waals surface area contributed by atoms with E-state index in [2.05, 4.69) is 12.0 Å². The number of hydrogen-bond donors (Lipinski definition) is 1. The quantitative estimate of drug-likeness (QED) is 0.875. The van der Waals surface area contributed by atoms with Crippen molar-refractivity contribution in [3.63, 3.8) is 0 Å². The van der Waals surface area contributed by atoms with Gasteiger partial charge in [-0.15, -0.1) is 0 Å². The predicted octanol–water partition coefficient (Wildman–Crippen LogP) is 3.38. The van der Waals surface area contributed by atoms with E-state index < -0.39 is 5.60 Å². The lowest BCUT2D eigenvalue weighted by atomic mass is 9.98. The average molecular weight is 371 g/mol. The van der Waals surface area contributed by atoms with Crippen LogP contribution in [0.1, 0.15) is 62.5 Å². The van der Waals surface area contributed by atoms with Crippen LogP contribution in [0.2, 0.25) is 0 Å². The van der Waals surface area contributed by atoms with Gasteiger partial charge in [0.05, 0.1) is 30.0 Å². The average Bonchev–Trinajstić information content (AvgIpc) is 3.13. The number of ether oxygens (including phenoxy) is 1. The molecular weight excluding hydrogens is 342 g/mol. The van der Waals surface area contributed by atoms with Crippen LogP contribution in [0.4, 0.5) is 0 Å². The largest absolute Gasteiger partial charge is 0.493 e. The second kappa shape index (κ2) is 7.72. The number of carbonyl (C=O) groups is 1. The molecule has 0 radical (unpaired) electrons. The Kier molecular flexibility index (Phi) is 5.56. The fourth-order valence-electron chi connectivity index (χ4n) is 3.52. The molecule has 2 heterocycles. The van der Waals surface area contributed by atoms with Crippen LogP contribution in [-0.4, -0.2) is 44.9 Å². The van der Waals surface area contributed by atoms with Gasteiger partial charge in [-0.1, -0.05) is 12.1 Å². The first-order valence-electron chi connectivity index (χ1n) is 9.61. The van der Waals surface area contributed by atoms with Gasteiger partial charge in [-0.05, 0) is 52.7 Å². The number of aliphatic hydroxyl groups is 1. The molecule has 2 atom stereocenters. The molecule has 1 aromatic heterocycles. The van der Waals surface area contributed by atoms with Gasteiger partial charge in [0.1, 0.15) is 5.75 Å². The zero-order valence-electron chi connectivity index (χ0n) is 16.6. The minimum Gasteiger partial charge on any atom is -0.493 e. The molecule has 1 aliphatic rings. The number of likely N-dealkylation sites (tertiary alicyclic amines) is 1. The Hall–Kier alpha value is -2.34. The maximum Gasteiger partial charge on any atom is 0.257 e. The zero-order chi connectivity index (χ0) is 19.6. The van der Waals surface area contributed by atoms with Crippen molar-refractivity contribution in [1.82, 2.24) is 14.7 Å². The molecule has 1 aromatic carbocycles. The van der Waals surface area contributed by atoms with Gasteiger partial charge in [0, 0.05) is 24.3 Å². The van der Waals surface area contributed by atoms with Gasteiger partial charge in [-0.25, -0.2) is 0 Å². The lowest BCUT2D eigenvalue weighted by Crippen LogP contribution is -2.46. The summed E-state index contributed by atoms with van der Waals surface area (Å²) in [6.07, 6.45) is 5.45. The summed E-state index contributed by atoms with van der Waals surface area (Å²) in [5, 5.41) is 14.6. The fourth-order valence-corrected chi connectivity index (χ4v) is 3.52. The highest BCUT2D eigenvalue weighted by atomic mass is 16.5. The van der Waals surface area contributed by atoms with E-state index in [0.29, 0.717) is 24.5 Å². The van der Waals surface area contributed by atoms with Crippen molar-refractivity contribution in [2.45, 2.75) is 58.2 Å². The van der Waals surface area contributed by atoms with Crippen LogP contribution in [0.5, 0.6) is 5.75 Å². The van der Waals surface area contributed by atoms with Crippen molar-refractivity contribution < 1.29 is 14.6 Å². The van der Waals surface area contributed by atoms with Gasteiger partial charge in [0.25, 0.3) is 5.91 Å². The smallest absolute Gasteiger partial charge is 0.257 e. The highest BCUT2D eigenvalue weighted by Crippen LogP contribution is 2.30. The molecule has 0 aliphatic carbocycles. The maximum atomic E-state index is 13.2. The molecule has 1 fully saturated rings. The summed E-state index contributed by atoms with van der Waals surface area (Å²) in [6.45, 7) is 8.61. The molecule has 146 valence electrons. The number of carbonyl (C=O) groups excluding carboxylic acids is 1. The van der Waals surface area contributed by atoms with Crippen molar-refractivity contribution in [3.05, 3.63) is 47.8 Å². The standard InChI is InChI=1S/C21H29N3O3/c1-5-27-19-9-7-6-8-18(19)20(25)23-14-17(11-10-15(23)2)24-13-16(12-22-24)21(3,4)26/h6-9,12-13,15,17,26H,5,10-11,14H2,1-4H3/t15-,17-/m1/s1. The fraction of sp³-hybridized carbons (Fsp3) is 0.524. The Labute approximate surface area is 160 Å². The van der Waals surface area contributed by atoms with Crippen LogP contribution in [0.25, 0.3) is 0 Å². The normalized spacial score (nSPS) is 20.6. The molecule has 1 amide bonds. The monoisotopic (exact) mass is 371 g/mol. The number of para-hydroxylation sites is 1. The molecule has 2 aromatic rings. The first-order valence-corrected chi connectivity index (χ1v) is 9.61. The second-order valence-electron chi connectivity index (χ2n) is 7.73. The van der Waals surface area contributed by atoms with E-state index in [-0.39, 0.29) is 18.0 Å². The van der Waals surface area contributed by atoms with Crippen LogP contribution in [0.3, 0.4) is 0 Å². The Morgan fingerprint density at radius 3 is 2.74 bits per heavy atom. The summed E-state index contributed by atoms with van der Waals surface area (Å²) < 4.78 is 7.53. The minimum absolute atomic E-state index is 0.00822. The SMILES string of the molecule is CCOc1ccccc1C(=O)N1C[C@H](n2cc(C(C)(C)O)cn2)CC[C@H]1C. The predicted molar refractivity (Wildman–Crippen MR) is 104 cm³/mol. The van der Waals surface area contributed by atoms with E-state index in [9.17, 15) is 9.90 Å². The third kappa shape index (κ3) is 4.16. The van der Waals surface area contributed by atoms with E-state index in [1.54, 1.807) is 20.0 Å². The number of amides is 1. The molecule has 3 rings (SSSR count). The number of benzene rings is 1. The van der Waals surface area contributed by atoms with Crippen molar-refractivity contribution in [2.75, 3.05) is 13.2 Å². The third-order valence-electron chi connectivity index (χ3n) is 5.22. The summed E-state index contributed by atoms with van der Waals surface area (Å²) >= 11 is 0. The highest BCUT2D eigenvalue weighted by molar-refractivity contribution is 5.97. The Morgan fingerprint density at radius 1 is 1.33 bits per heavy atom. The molecule has 0 unspecified atom stereocenters. The van der Waals surface area contributed by atoms with Gasteiger partial charge in [-0.3, -0.25) is 9.48 Å². The van der Waals surface area contributed by atoms with Crippen molar-refractivity contribution in [3.8, 4) is 5.75 Å². The first kappa shape index (κ1) is 19.4. The lowest BCUT2D eigenvalue weighted by molar-refractivity contribution is 0.0553. The molecule has 1 aliphatic heterocycles. The summed E-state index contributed by atoms with van der Waals surface area (Å²) in [5.41, 5.74) is 0.455. The Balaban J connectivity index is 1.81. The molecule has 6 nitrogen and oxygen atoms in total. The summed E-state index contributed by atoms with van der Waals surface area (Å²) in [5.74, 6) is 0.619. The van der Waals surface area contributed by atoms with Gasteiger partial charge in [0.15, 0.2) is 0 Å². The molecule has 1 saturated heterocycles. The number of aromatic nitrogens is 2. The van der Waals surface area contributed by atoms with Crippen molar-refractivity contribution >= 4 is 5.91 Å². The van der Waals surface area contributed by atoms with Crippen molar-refractivity contribution in [2.24, 2.45) is 0 Å². The Morgan fingerprint density at radius 2 is 2.07 bits per heavy atom. The molecule has 0 spiro atoms. The molecule has 0 bridgehead atoms. The van der Waals surface area contributed by atoms with Crippen LogP contribution < -0.4 is 4.74 Å². The van der Waals surface area contributed by atoms with E-state index in [0.717, 1.165) is 18.4 Å². The molecule has 0 saturated carbocycles. The molecule has 6 heteroatoms. The highest BCUT2D eigenvalue weighted by Gasteiger charge is 2.32. The van der Waals surface area contributed by atoms with Gasteiger partial charge >= 0.3 is 0 Å². The minimum atomic E-state index is -0.924. The Bertz CT molecular complexity index is 794. The van der Waals surface area contributed by atoms with E-state index in [1.807, 2.05) is 47.0 Å². The summed E-state index contributed by atoms with van der Waals surface area (Å²) in [7, 11) is 0. The third-order valence-corrected chi connectivity index (χ3v) is 5.22. The topological polar surface area (TPSA) is 67.6 Å². The van der Waals surface area contributed by atoms with Gasteiger partial charge < -0.3 is 14.7 Å². The van der Waals surface area contributed by atoms with E-state index >= 15 is 0 Å². The lowest BCUT2D eigenvalue weighted by Gasteiger charge is -2.38. The van der Waals surface area contributed by atoms with Crippen LogP contribution in [0.15, 0.2) is 36.7 Å². The first-order chi connectivity index (χ1) is 12.8. The van der Waals surface area contributed by atoms with Crippen LogP contribution in [-0.2, 0) is 5.60 Å². The number of nitrogens with zero attached hydrogens (tertiary/aromatic N) is 3.